The van der Waals surface area contributed by atoms with E-state index in [1.165, 1.54) is 22.5 Å². The standard InChI is InChI=1S/C20H24N6OS.ClH/c1-13-3-5-14(6-4-13)11-17-22-16(12-28-17)19(27)24-20-23-18(25-26(20)2)15-7-9-21-10-8-15;/h3-6,12,15,21H,7-11H2,1-2H3,(H,23,24,25,27);1H. The topological polar surface area (TPSA) is 84.7 Å². The number of nitrogens with one attached hydrogen (secondary N) is 2. The van der Waals surface area contributed by atoms with Gasteiger partial charge < -0.3 is 5.32 Å². The van der Waals surface area contributed by atoms with Crippen molar-refractivity contribution in [3.63, 3.8) is 0 Å². The molecule has 0 radical (unpaired) electrons. The van der Waals surface area contributed by atoms with Crippen LogP contribution in [0.15, 0.2) is 29.6 Å². The van der Waals surface area contributed by atoms with E-state index >= 15 is 0 Å². The Bertz CT molecular complexity index is 962. The maximum absolute atomic E-state index is 12.6. The zero-order chi connectivity index (χ0) is 19.5. The molecule has 0 atom stereocenters. The molecular weight excluding hydrogens is 408 g/mol. The lowest BCUT2D eigenvalue weighted by Crippen LogP contribution is -2.27. The summed E-state index contributed by atoms with van der Waals surface area (Å²) in [6, 6.07) is 8.37. The number of thiazole rings is 1. The van der Waals surface area contributed by atoms with Gasteiger partial charge in [-0.3, -0.25) is 10.1 Å². The van der Waals surface area contributed by atoms with Crippen LogP contribution in [0.1, 0.15) is 51.2 Å². The lowest BCUT2D eigenvalue weighted by molar-refractivity contribution is 0.102. The van der Waals surface area contributed by atoms with Crippen LogP contribution >= 0.6 is 23.7 Å². The Morgan fingerprint density at radius 2 is 1.97 bits per heavy atom. The van der Waals surface area contributed by atoms with E-state index in [4.69, 9.17) is 0 Å². The third-order valence-electron chi connectivity index (χ3n) is 4.97. The van der Waals surface area contributed by atoms with Crippen LogP contribution in [0.2, 0.25) is 0 Å². The summed E-state index contributed by atoms with van der Waals surface area (Å²) in [5.41, 5.74) is 2.83. The molecule has 154 valence electrons. The molecule has 29 heavy (non-hydrogen) atoms. The number of halogens is 1. The van der Waals surface area contributed by atoms with Crippen LogP contribution in [0.4, 0.5) is 5.95 Å². The first-order valence-electron chi connectivity index (χ1n) is 9.51. The minimum Gasteiger partial charge on any atom is -0.317 e. The van der Waals surface area contributed by atoms with Crippen LogP contribution in [0, 0.1) is 6.92 Å². The molecule has 1 saturated heterocycles. The molecule has 7 nitrogen and oxygen atoms in total. The second kappa shape index (κ2) is 9.47. The van der Waals surface area contributed by atoms with Crippen molar-refractivity contribution < 1.29 is 4.79 Å². The number of hydrogen-bond acceptors (Lipinski definition) is 6. The Morgan fingerprint density at radius 3 is 2.69 bits per heavy atom. The lowest BCUT2D eigenvalue weighted by atomic mass is 9.98. The Labute approximate surface area is 180 Å². The fourth-order valence-electron chi connectivity index (χ4n) is 3.31. The van der Waals surface area contributed by atoms with Crippen molar-refractivity contribution in [2.45, 2.75) is 32.1 Å². The molecule has 2 aromatic heterocycles. The van der Waals surface area contributed by atoms with Gasteiger partial charge in [-0.25, -0.2) is 9.67 Å². The van der Waals surface area contributed by atoms with E-state index in [1.54, 1.807) is 17.1 Å². The fourth-order valence-corrected chi connectivity index (χ4v) is 4.12. The minimum atomic E-state index is -0.251. The normalized spacial score (nSPS) is 14.4. The summed E-state index contributed by atoms with van der Waals surface area (Å²) in [5, 5.41) is 13.4. The predicted octanol–water partition coefficient (Wildman–Crippen LogP) is 3.31. The van der Waals surface area contributed by atoms with Crippen LogP contribution in [-0.2, 0) is 13.5 Å². The van der Waals surface area contributed by atoms with Gasteiger partial charge in [0.2, 0.25) is 5.95 Å². The minimum absolute atomic E-state index is 0. The van der Waals surface area contributed by atoms with Crippen molar-refractivity contribution in [1.29, 1.82) is 0 Å². The van der Waals surface area contributed by atoms with Crippen molar-refractivity contribution in [2.24, 2.45) is 7.05 Å². The van der Waals surface area contributed by atoms with Crippen LogP contribution in [0.3, 0.4) is 0 Å². The number of carbonyl (C=O) groups is 1. The number of aromatic nitrogens is 4. The molecule has 0 aliphatic carbocycles. The van der Waals surface area contributed by atoms with Crippen molar-refractivity contribution in [1.82, 2.24) is 25.1 Å². The van der Waals surface area contributed by atoms with Gasteiger partial charge in [-0.2, -0.15) is 10.1 Å². The molecule has 9 heteroatoms. The molecule has 0 spiro atoms. The van der Waals surface area contributed by atoms with Gasteiger partial charge in [0, 0.05) is 24.8 Å². The van der Waals surface area contributed by atoms with Gasteiger partial charge in [0.1, 0.15) is 5.69 Å². The largest absolute Gasteiger partial charge is 0.317 e. The molecule has 2 N–H and O–H groups in total. The third-order valence-corrected chi connectivity index (χ3v) is 5.82. The van der Waals surface area contributed by atoms with Crippen molar-refractivity contribution in [3.8, 4) is 0 Å². The van der Waals surface area contributed by atoms with Gasteiger partial charge >= 0.3 is 0 Å². The molecular formula is C20H25ClN6OS. The van der Waals surface area contributed by atoms with Crippen LogP contribution < -0.4 is 10.6 Å². The summed E-state index contributed by atoms with van der Waals surface area (Å²) in [5.74, 6) is 1.36. The van der Waals surface area contributed by atoms with E-state index in [9.17, 15) is 4.79 Å². The molecule has 1 fully saturated rings. The van der Waals surface area contributed by atoms with Gasteiger partial charge in [-0.05, 0) is 38.4 Å². The van der Waals surface area contributed by atoms with E-state index in [0.29, 0.717) is 17.6 Å². The molecule has 1 aliphatic heterocycles. The van der Waals surface area contributed by atoms with Gasteiger partial charge in [0.25, 0.3) is 5.91 Å². The molecule has 1 amide bonds. The average molecular weight is 433 g/mol. The molecule has 4 rings (SSSR count). The summed E-state index contributed by atoms with van der Waals surface area (Å²) in [6.07, 6.45) is 2.76. The molecule has 1 aromatic carbocycles. The second-order valence-corrected chi connectivity index (χ2v) is 8.13. The number of nitrogens with zero attached hydrogens (tertiary/aromatic N) is 4. The number of rotatable bonds is 5. The highest BCUT2D eigenvalue weighted by Gasteiger charge is 2.22. The van der Waals surface area contributed by atoms with Gasteiger partial charge in [-0.15, -0.1) is 23.7 Å². The van der Waals surface area contributed by atoms with Crippen molar-refractivity contribution >= 4 is 35.6 Å². The van der Waals surface area contributed by atoms with E-state index in [0.717, 1.165) is 43.2 Å². The number of hydrogen-bond donors (Lipinski definition) is 2. The van der Waals surface area contributed by atoms with Gasteiger partial charge in [0.15, 0.2) is 5.82 Å². The van der Waals surface area contributed by atoms with Gasteiger partial charge in [-0.1, -0.05) is 29.8 Å². The first-order valence-corrected chi connectivity index (χ1v) is 10.4. The Hall–Kier alpha value is -2.29. The Balaban J connectivity index is 0.00000240. The zero-order valence-corrected chi connectivity index (χ0v) is 18.1. The van der Waals surface area contributed by atoms with E-state index in [1.807, 2.05) is 0 Å². The highest BCUT2D eigenvalue weighted by atomic mass is 35.5. The molecule has 3 heterocycles. The van der Waals surface area contributed by atoms with Crippen LogP contribution in [0.25, 0.3) is 0 Å². The maximum atomic E-state index is 12.6. The molecule has 1 aliphatic rings. The number of piperidine rings is 1. The van der Waals surface area contributed by atoms with E-state index in [-0.39, 0.29) is 18.3 Å². The fraction of sp³-hybridized carbons (Fsp3) is 0.400. The number of carbonyl (C=O) groups excluding carboxylic acids is 1. The number of anilines is 1. The number of benzene rings is 1. The van der Waals surface area contributed by atoms with Crippen molar-refractivity contribution in [3.05, 3.63) is 57.3 Å². The summed E-state index contributed by atoms with van der Waals surface area (Å²) in [4.78, 5) is 21.6. The van der Waals surface area contributed by atoms with Crippen molar-refractivity contribution in [2.75, 3.05) is 18.4 Å². The maximum Gasteiger partial charge on any atom is 0.277 e. The van der Waals surface area contributed by atoms with Crippen LogP contribution in [0.5, 0.6) is 0 Å². The summed E-state index contributed by atoms with van der Waals surface area (Å²) >= 11 is 1.50. The molecule has 0 unspecified atom stereocenters. The Morgan fingerprint density at radius 1 is 1.24 bits per heavy atom. The van der Waals surface area contributed by atoms with Gasteiger partial charge in [0.05, 0.1) is 5.01 Å². The summed E-state index contributed by atoms with van der Waals surface area (Å²) < 4.78 is 1.63. The SMILES string of the molecule is Cc1ccc(Cc2nc(C(=O)Nc3nc(C4CCNCC4)nn3C)cs2)cc1.Cl. The average Bonchev–Trinajstić information content (AvgIpc) is 3.31. The van der Waals surface area contributed by atoms with E-state index in [2.05, 4.69) is 56.9 Å². The van der Waals surface area contributed by atoms with Crippen LogP contribution in [-0.4, -0.2) is 38.7 Å². The summed E-state index contributed by atoms with van der Waals surface area (Å²) in [7, 11) is 1.80. The highest BCUT2D eigenvalue weighted by molar-refractivity contribution is 7.09. The molecule has 0 saturated carbocycles. The molecule has 0 bridgehead atoms. The summed E-state index contributed by atoms with van der Waals surface area (Å²) in [6.45, 7) is 4.03. The third kappa shape index (κ3) is 5.20. The Kier molecular flexibility index (Phi) is 7.00. The quantitative estimate of drug-likeness (QED) is 0.646. The monoisotopic (exact) mass is 432 g/mol. The predicted molar refractivity (Wildman–Crippen MR) is 117 cm³/mol. The number of amides is 1. The highest BCUT2D eigenvalue weighted by Crippen LogP contribution is 2.23. The lowest BCUT2D eigenvalue weighted by Gasteiger charge is -2.19. The first kappa shape index (κ1) is 21.4. The zero-order valence-electron chi connectivity index (χ0n) is 16.5. The smallest absolute Gasteiger partial charge is 0.277 e. The number of aryl methyl sites for hydroxylation is 2. The van der Waals surface area contributed by atoms with E-state index < -0.39 is 0 Å². The second-order valence-electron chi connectivity index (χ2n) is 7.18. The first-order chi connectivity index (χ1) is 13.6. The molecule has 3 aromatic rings.